The number of rotatable bonds is 2. The van der Waals surface area contributed by atoms with E-state index in [1.165, 1.54) is 19.3 Å². The van der Waals surface area contributed by atoms with Gasteiger partial charge in [-0.05, 0) is 62.0 Å². The van der Waals surface area contributed by atoms with Crippen molar-refractivity contribution in [2.24, 2.45) is 17.8 Å². The maximum atomic E-state index is 12.9. The van der Waals surface area contributed by atoms with E-state index in [1.54, 1.807) is 0 Å². The first-order valence-electron chi connectivity index (χ1n) is 8.60. The Morgan fingerprint density at radius 1 is 1.14 bits per heavy atom. The van der Waals surface area contributed by atoms with Crippen molar-refractivity contribution in [3.8, 4) is 0 Å². The van der Waals surface area contributed by atoms with E-state index in [-0.39, 0.29) is 17.0 Å². The van der Waals surface area contributed by atoms with Crippen molar-refractivity contribution in [3.63, 3.8) is 0 Å². The second-order valence-electron chi connectivity index (χ2n) is 8.04. The number of hydrogen-bond acceptors (Lipinski definition) is 2. The molecule has 0 N–H and O–H groups in total. The van der Waals surface area contributed by atoms with Crippen molar-refractivity contribution in [3.05, 3.63) is 35.9 Å². The van der Waals surface area contributed by atoms with Crippen LogP contribution in [0.1, 0.15) is 42.5 Å². The van der Waals surface area contributed by atoms with E-state index in [4.69, 9.17) is 4.74 Å². The predicted molar refractivity (Wildman–Crippen MR) is 83.5 cm³/mol. The molecule has 3 heteroatoms. The van der Waals surface area contributed by atoms with Crippen LogP contribution >= 0.6 is 0 Å². The molecule has 22 heavy (non-hydrogen) atoms. The summed E-state index contributed by atoms with van der Waals surface area (Å²) in [5.74, 6) is 2.36. The molecule has 3 nitrogen and oxygen atoms in total. The number of carbonyl (C=O) groups is 1. The van der Waals surface area contributed by atoms with Crippen molar-refractivity contribution < 1.29 is 9.53 Å². The normalized spacial score (nSPS) is 44.3. The zero-order valence-corrected chi connectivity index (χ0v) is 13.1. The average Bonchev–Trinajstić information content (AvgIpc) is 3.33. The first kappa shape index (κ1) is 13.1. The molecular formula is C19H23NO2. The quantitative estimate of drug-likeness (QED) is 0.786. The SMILES string of the molecule is CN(C(=O)c1ccccc1)C12CC3C[C@H](C1)C1(CO1)[C@@H](C3)C2. The zero-order valence-electron chi connectivity index (χ0n) is 13.1. The molecule has 1 spiro atoms. The average molecular weight is 297 g/mol. The maximum absolute atomic E-state index is 12.9. The van der Waals surface area contributed by atoms with E-state index in [9.17, 15) is 4.79 Å². The van der Waals surface area contributed by atoms with Gasteiger partial charge in [0.2, 0.25) is 0 Å². The van der Waals surface area contributed by atoms with Gasteiger partial charge in [0.05, 0.1) is 12.2 Å². The summed E-state index contributed by atoms with van der Waals surface area (Å²) in [5, 5.41) is 0. The van der Waals surface area contributed by atoms with Gasteiger partial charge < -0.3 is 9.64 Å². The second-order valence-corrected chi connectivity index (χ2v) is 8.04. The molecule has 4 bridgehead atoms. The fraction of sp³-hybridized carbons (Fsp3) is 0.632. The molecule has 1 aromatic rings. The van der Waals surface area contributed by atoms with Crippen molar-refractivity contribution in [2.75, 3.05) is 13.7 Å². The monoisotopic (exact) mass is 297 g/mol. The third kappa shape index (κ3) is 1.58. The molecule has 3 unspecified atom stereocenters. The summed E-state index contributed by atoms with van der Waals surface area (Å²) in [4.78, 5) is 15.0. The van der Waals surface area contributed by atoms with Crippen LogP contribution in [0, 0.1) is 17.8 Å². The van der Waals surface area contributed by atoms with Crippen LogP contribution in [0.25, 0.3) is 0 Å². The fourth-order valence-corrected chi connectivity index (χ4v) is 5.97. The standard InChI is InChI=1S/C19H23NO2/c1-20(17(21)14-5-3-2-4-6-14)18-9-13-7-15(10-18)19(12-22-19)16(8-13)11-18/h2-6,13,15-16H,7-12H2,1H3/t13?,15-,16+,18?,19?. The molecule has 0 aromatic heterocycles. The molecule has 1 aliphatic heterocycles. The topological polar surface area (TPSA) is 32.8 Å². The molecule has 5 atom stereocenters. The molecule has 1 heterocycles. The molecule has 6 rings (SSSR count). The Kier molecular flexibility index (Phi) is 2.47. The molecule has 116 valence electrons. The van der Waals surface area contributed by atoms with Gasteiger partial charge in [-0.25, -0.2) is 0 Å². The van der Waals surface area contributed by atoms with E-state index in [0.29, 0.717) is 11.8 Å². The van der Waals surface area contributed by atoms with Gasteiger partial charge in [-0.3, -0.25) is 4.79 Å². The minimum atomic E-state index is 0.0840. The summed E-state index contributed by atoms with van der Waals surface area (Å²) < 4.78 is 5.94. The highest BCUT2D eigenvalue weighted by Crippen LogP contribution is 2.66. The first-order valence-corrected chi connectivity index (χ1v) is 8.60. The Labute approximate surface area is 131 Å². The largest absolute Gasteiger partial charge is 0.369 e. The molecule has 5 aliphatic rings. The van der Waals surface area contributed by atoms with Crippen molar-refractivity contribution in [2.45, 2.75) is 43.2 Å². The van der Waals surface area contributed by atoms with Crippen LogP contribution in [0.4, 0.5) is 0 Å². The second kappa shape index (κ2) is 4.14. The number of epoxide rings is 1. The Balaban J connectivity index is 1.46. The highest BCUT2D eigenvalue weighted by Gasteiger charge is 2.69. The lowest BCUT2D eigenvalue weighted by atomic mass is 9.48. The minimum Gasteiger partial charge on any atom is -0.369 e. The van der Waals surface area contributed by atoms with E-state index in [2.05, 4.69) is 4.90 Å². The molecule has 4 aliphatic carbocycles. The molecular weight excluding hydrogens is 274 g/mol. The highest BCUT2D eigenvalue weighted by atomic mass is 16.6. The lowest BCUT2D eigenvalue weighted by Gasteiger charge is -2.62. The van der Waals surface area contributed by atoms with Crippen LogP contribution in [0.5, 0.6) is 0 Å². The zero-order chi connectivity index (χ0) is 14.9. The van der Waals surface area contributed by atoms with E-state index in [0.717, 1.165) is 30.9 Å². The molecule has 5 fully saturated rings. The van der Waals surface area contributed by atoms with Crippen molar-refractivity contribution in [1.29, 1.82) is 0 Å². The summed E-state index contributed by atoms with van der Waals surface area (Å²) in [7, 11) is 2.03. The van der Waals surface area contributed by atoms with Gasteiger partial charge in [0.15, 0.2) is 0 Å². The molecule has 1 saturated heterocycles. The van der Waals surface area contributed by atoms with Gasteiger partial charge >= 0.3 is 0 Å². The Morgan fingerprint density at radius 2 is 1.77 bits per heavy atom. The smallest absolute Gasteiger partial charge is 0.254 e. The summed E-state index contributed by atoms with van der Waals surface area (Å²) in [5.41, 5.74) is 1.12. The van der Waals surface area contributed by atoms with Crippen molar-refractivity contribution in [1.82, 2.24) is 4.90 Å². The highest BCUT2D eigenvalue weighted by molar-refractivity contribution is 5.94. The van der Waals surface area contributed by atoms with Gasteiger partial charge in [-0.15, -0.1) is 0 Å². The van der Waals surface area contributed by atoms with Crippen LogP contribution in [-0.2, 0) is 4.74 Å². The van der Waals surface area contributed by atoms with Crippen LogP contribution in [0.15, 0.2) is 30.3 Å². The van der Waals surface area contributed by atoms with Crippen LogP contribution in [-0.4, -0.2) is 35.6 Å². The lowest BCUT2D eigenvalue weighted by Crippen LogP contribution is -2.65. The number of benzene rings is 1. The van der Waals surface area contributed by atoms with Gasteiger partial charge in [0.1, 0.15) is 0 Å². The summed E-state index contributed by atoms with van der Waals surface area (Å²) >= 11 is 0. The van der Waals surface area contributed by atoms with Gasteiger partial charge in [0, 0.05) is 18.2 Å². The van der Waals surface area contributed by atoms with E-state index < -0.39 is 0 Å². The number of hydrogen-bond donors (Lipinski definition) is 0. The first-order chi connectivity index (χ1) is 10.6. The summed E-state index contributed by atoms with van der Waals surface area (Å²) in [6, 6.07) is 9.74. The molecule has 4 saturated carbocycles. The molecule has 1 amide bonds. The van der Waals surface area contributed by atoms with Gasteiger partial charge in [-0.1, -0.05) is 18.2 Å². The summed E-state index contributed by atoms with van der Waals surface area (Å²) in [6.07, 6.45) is 6.15. The Bertz CT molecular complexity index is 604. The Morgan fingerprint density at radius 3 is 2.36 bits per heavy atom. The van der Waals surface area contributed by atoms with E-state index in [1.807, 2.05) is 37.4 Å². The third-order valence-electron chi connectivity index (χ3n) is 7.05. The maximum Gasteiger partial charge on any atom is 0.254 e. The number of ether oxygens (including phenoxy) is 1. The number of carbonyl (C=O) groups excluding carboxylic acids is 1. The van der Waals surface area contributed by atoms with Crippen LogP contribution in [0.2, 0.25) is 0 Å². The van der Waals surface area contributed by atoms with Crippen LogP contribution < -0.4 is 0 Å². The fourth-order valence-electron chi connectivity index (χ4n) is 5.97. The van der Waals surface area contributed by atoms with Gasteiger partial charge in [0.25, 0.3) is 5.91 Å². The summed E-state index contributed by atoms with van der Waals surface area (Å²) in [6.45, 7) is 0.974. The Hall–Kier alpha value is -1.35. The minimum absolute atomic E-state index is 0.0840. The number of nitrogens with zero attached hydrogens (tertiary/aromatic N) is 1. The molecule has 0 radical (unpaired) electrons. The number of amides is 1. The van der Waals surface area contributed by atoms with E-state index >= 15 is 0 Å². The third-order valence-corrected chi connectivity index (χ3v) is 7.05. The lowest BCUT2D eigenvalue weighted by molar-refractivity contribution is -0.112. The molecule has 1 aromatic carbocycles. The van der Waals surface area contributed by atoms with Crippen molar-refractivity contribution >= 4 is 5.91 Å². The van der Waals surface area contributed by atoms with Gasteiger partial charge in [-0.2, -0.15) is 0 Å². The van der Waals surface area contributed by atoms with Crippen LogP contribution in [0.3, 0.4) is 0 Å². The predicted octanol–water partition coefficient (Wildman–Crippen LogP) is 3.11.